The number of carbonyl (C=O) groups is 1. The normalized spacial score (nSPS) is 12.4. The predicted molar refractivity (Wildman–Crippen MR) is 115 cm³/mol. The predicted octanol–water partition coefficient (Wildman–Crippen LogP) is 4.32. The lowest BCUT2D eigenvalue weighted by atomic mass is 10.1. The minimum atomic E-state index is -4.05. The van der Waals surface area contributed by atoms with Gasteiger partial charge in [-0.1, -0.05) is 41.9 Å². The van der Waals surface area contributed by atoms with Crippen LogP contribution in [0.3, 0.4) is 0 Å². The molecule has 0 aromatic heterocycles. The molecule has 0 bridgehead atoms. The van der Waals surface area contributed by atoms with Gasteiger partial charge in [-0.15, -0.1) is 0 Å². The van der Waals surface area contributed by atoms with Crippen LogP contribution < -0.4 is 10.0 Å². The monoisotopic (exact) mass is 446 g/mol. The summed E-state index contributed by atoms with van der Waals surface area (Å²) in [6.45, 7) is 1.79. The molecule has 0 saturated carbocycles. The summed E-state index contributed by atoms with van der Waals surface area (Å²) < 4.78 is 41.2. The molecule has 2 N–H and O–H groups in total. The zero-order chi connectivity index (χ0) is 21.7. The third-order valence-electron chi connectivity index (χ3n) is 4.47. The van der Waals surface area contributed by atoms with Gasteiger partial charge in [0.15, 0.2) is 0 Å². The van der Waals surface area contributed by atoms with E-state index in [1.807, 2.05) is 18.2 Å². The van der Waals surface area contributed by atoms with E-state index < -0.39 is 27.8 Å². The number of sulfonamides is 1. The van der Waals surface area contributed by atoms with Crippen LogP contribution >= 0.6 is 11.6 Å². The van der Waals surface area contributed by atoms with Crippen molar-refractivity contribution in [1.29, 1.82) is 0 Å². The topological polar surface area (TPSA) is 75.3 Å². The molecule has 156 valence electrons. The van der Waals surface area contributed by atoms with Gasteiger partial charge in [0.25, 0.3) is 0 Å². The Bertz CT molecular complexity index is 1140. The Morgan fingerprint density at radius 2 is 1.70 bits per heavy atom. The Kier molecular flexibility index (Phi) is 6.87. The zero-order valence-corrected chi connectivity index (χ0v) is 17.7. The van der Waals surface area contributed by atoms with Crippen LogP contribution in [0.1, 0.15) is 11.1 Å². The van der Waals surface area contributed by atoms with Crippen LogP contribution in [-0.2, 0) is 21.2 Å². The molecule has 1 atom stereocenters. The fourth-order valence-electron chi connectivity index (χ4n) is 2.89. The van der Waals surface area contributed by atoms with E-state index in [-0.39, 0.29) is 11.3 Å². The maximum atomic E-state index is 13.2. The zero-order valence-electron chi connectivity index (χ0n) is 16.1. The SMILES string of the molecule is Cc1cc(Cl)ccc1NC(=O)C(Cc1ccccc1)NS(=O)(=O)c1ccc(F)cc1. The first-order valence-electron chi connectivity index (χ1n) is 9.13. The Morgan fingerprint density at radius 1 is 1.03 bits per heavy atom. The fourth-order valence-corrected chi connectivity index (χ4v) is 4.32. The quantitative estimate of drug-likeness (QED) is 0.567. The van der Waals surface area contributed by atoms with Crippen molar-refractivity contribution in [3.05, 3.63) is 94.8 Å². The number of halogens is 2. The summed E-state index contributed by atoms with van der Waals surface area (Å²) in [6, 6.07) is 17.4. The second-order valence-electron chi connectivity index (χ2n) is 6.77. The number of hydrogen-bond donors (Lipinski definition) is 2. The Balaban J connectivity index is 1.87. The van der Waals surface area contributed by atoms with Gasteiger partial charge in [0, 0.05) is 10.7 Å². The van der Waals surface area contributed by atoms with Gasteiger partial charge in [0.1, 0.15) is 11.9 Å². The number of aryl methyl sites for hydroxylation is 1. The molecule has 0 aliphatic rings. The summed E-state index contributed by atoms with van der Waals surface area (Å²) in [4.78, 5) is 12.9. The van der Waals surface area contributed by atoms with Gasteiger partial charge in [0.05, 0.1) is 4.90 Å². The number of hydrogen-bond acceptors (Lipinski definition) is 3. The van der Waals surface area contributed by atoms with Gasteiger partial charge in [-0.3, -0.25) is 4.79 Å². The van der Waals surface area contributed by atoms with E-state index in [0.29, 0.717) is 10.7 Å². The molecular formula is C22H20ClFN2O3S. The Hall–Kier alpha value is -2.74. The highest BCUT2D eigenvalue weighted by atomic mass is 35.5. The van der Waals surface area contributed by atoms with Crippen molar-refractivity contribution in [2.24, 2.45) is 0 Å². The highest BCUT2D eigenvalue weighted by Gasteiger charge is 2.26. The van der Waals surface area contributed by atoms with Gasteiger partial charge in [0.2, 0.25) is 15.9 Å². The molecule has 0 heterocycles. The smallest absolute Gasteiger partial charge is 0.242 e. The maximum absolute atomic E-state index is 13.2. The van der Waals surface area contributed by atoms with E-state index in [1.54, 1.807) is 37.3 Å². The summed E-state index contributed by atoms with van der Waals surface area (Å²) in [6.07, 6.45) is 0.139. The van der Waals surface area contributed by atoms with Gasteiger partial charge < -0.3 is 5.32 Å². The highest BCUT2D eigenvalue weighted by molar-refractivity contribution is 7.89. The lowest BCUT2D eigenvalue weighted by molar-refractivity contribution is -0.117. The largest absolute Gasteiger partial charge is 0.324 e. The summed E-state index contributed by atoms with van der Waals surface area (Å²) in [7, 11) is -4.05. The van der Waals surface area contributed by atoms with Crippen LogP contribution in [0.5, 0.6) is 0 Å². The van der Waals surface area contributed by atoms with Crippen molar-refractivity contribution in [2.75, 3.05) is 5.32 Å². The van der Waals surface area contributed by atoms with Crippen molar-refractivity contribution in [3.63, 3.8) is 0 Å². The molecule has 3 aromatic rings. The van der Waals surface area contributed by atoms with Gasteiger partial charge in [-0.05, 0) is 66.9 Å². The Labute approximate surface area is 179 Å². The van der Waals surface area contributed by atoms with Crippen LogP contribution in [0.4, 0.5) is 10.1 Å². The molecular weight excluding hydrogens is 427 g/mol. The molecule has 0 aliphatic heterocycles. The minimum Gasteiger partial charge on any atom is -0.324 e. The third kappa shape index (κ3) is 5.66. The van der Waals surface area contributed by atoms with Crippen LogP contribution in [0.15, 0.2) is 77.7 Å². The number of amides is 1. The van der Waals surface area contributed by atoms with E-state index in [0.717, 1.165) is 35.4 Å². The highest BCUT2D eigenvalue weighted by Crippen LogP contribution is 2.20. The minimum absolute atomic E-state index is 0.127. The second kappa shape index (κ2) is 9.38. The molecule has 30 heavy (non-hydrogen) atoms. The first-order valence-corrected chi connectivity index (χ1v) is 11.0. The summed E-state index contributed by atoms with van der Waals surface area (Å²) in [5.41, 5.74) is 2.06. The molecule has 0 saturated heterocycles. The number of rotatable bonds is 7. The fraction of sp³-hybridized carbons (Fsp3) is 0.136. The first kappa shape index (κ1) is 22.0. The molecule has 1 amide bonds. The Morgan fingerprint density at radius 3 is 2.33 bits per heavy atom. The van der Waals surface area contributed by atoms with Gasteiger partial charge in [-0.2, -0.15) is 4.72 Å². The molecule has 0 spiro atoms. The summed E-state index contributed by atoms with van der Waals surface area (Å²) >= 11 is 5.96. The molecule has 1 unspecified atom stereocenters. The van der Waals surface area contributed by atoms with Crippen molar-refractivity contribution >= 4 is 33.2 Å². The first-order chi connectivity index (χ1) is 14.2. The standard InChI is InChI=1S/C22H20ClFN2O3S/c1-15-13-17(23)7-12-20(15)25-22(27)21(14-16-5-3-2-4-6-16)26-30(28,29)19-10-8-18(24)9-11-19/h2-13,21,26H,14H2,1H3,(H,25,27). The van der Waals surface area contributed by atoms with Crippen molar-refractivity contribution < 1.29 is 17.6 Å². The number of anilines is 1. The van der Waals surface area contributed by atoms with Crippen molar-refractivity contribution in [3.8, 4) is 0 Å². The molecule has 8 heteroatoms. The number of nitrogens with one attached hydrogen (secondary N) is 2. The number of benzene rings is 3. The van der Waals surface area contributed by atoms with E-state index in [1.165, 1.54) is 0 Å². The second-order valence-corrected chi connectivity index (χ2v) is 8.92. The van der Waals surface area contributed by atoms with Crippen molar-refractivity contribution in [1.82, 2.24) is 4.72 Å². The molecule has 3 aromatic carbocycles. The lowest BCUT2D eigenvalue weighted by Gasteiger charge is -2.19. The van der Waals surface area contributed by atoms with Crippen molar-refractivity contribution in [2.45, 2.75) is 24.3 Å². The average Bonchev–Trinajstić information content (AvgIpc) is 2.70. The lowest BCUT2D eigenvalue weighted by Crippen LogP contribution is -2.45. The summed E-state index contributed by atoms with van der Waals surface area (Å²) in [5.74, 6) is -1.07. The molecule has 0 aliphatic carbocycles. The summed E-state index contributed by atoms with van der Waals surface area (Å²) in [5, 5.41) is 3.29. The molecule has 0 radical (unpaired) electrons. The number of carbonyl (C=O) groups excluding carboxylic acids is 1. The molecule has 0 fully saturated rings. The van der Waals surface area contributed by atoms with Crippen LogP contribution in [0.2, 0.25) is 5.02 Å². The third-order valence-corrected chi connectivity index (χ3v) is 6.19. The van der Waals surface area contributed by atoms with E-state index >= 15 is 0 Å². The average molecular weight is 447 g/mol. The molecule has 5 nitrogen and oxygen atoms in total. The van der Waals surface area contributed by atoms with E-state index in [9.17, 15) is 17.6 Å². The van der Waals surface area contributed by atoms with Crippen LogP contribution in [-0.4, -0.2) is 20.4 Å². The van der Waals surface area contributed by atoms with E-state index in [2.05, 4.69) is 10.0 Å². The van der Waals surface area contributed by atoms with Gasteiger partial charge >= 0.3 is 0 Å². The van der Waals surface area contributed by atoms with Crippen LogP contribution in [0, 0.1) is 12.7 Å². The van der Waals surface area contributed by atoms with Gasteiger partial charge in [-0.25, -0.2) is 12.8 Å². The van der Waals surface area contributed by atoms with E-state index in [4.69, 9.17) is 11.6 Å². The maximum Gasteiger partial charge on any atom is 0.242 e. The molecule has 3 rings (SSSR count). The van der Waals surface area contributed by atoms with Crippen LogP contribution in [0.25, 0.3) is 0 Å².